The number of nitrogens with two attached hydrogens (primary N) is 1. The molecule has 0 spiro atoms. The van der Waals surface area contributed by atoms with Crippen molar-refractivity contribution in [2.45, 2.75) is 37.6 Å². The van der Waals surface area contributed by atoms with Crippen LogP contribution in [0, 0.1) is 11.7 Å². The summed E-state index contributed by atoms with van der Waals surface area (Å²) in [7, 11) is 1.38. The third kappa shape index (κ3) is 3.03. The Bertz CT molecular complexity index is 440. The molecule has 1 aromatic carbocycles. The van der Waals surface area contributed by atoms with E-state index in [4.69, 9.17) is 10.5 Å². The lowest BCUT2D eigenvalue weighted by Gasteiger charge is -2.32. The molecular weight excluding hydrogens is 255 g/mol. The van der Waals surface area contributed by atoms with Crippen molar-refractivity contribution in [1.29, 1.82) is 0 Å². The van der Waals surface area contributed by atoms with Crippen molar-refractivity contribution in [2.24, 2.45) is 11.7 Å². The SMILES string of the molecule is COc1cccc(C(N)C2CCC(F)(F)CC2)c1F. The summed E-state index contributed by atoms with van der Waals surface area (Å²) in [6, 6.07) is 4.20. The van der Waals surface area contributed by atoms with E-state index in [0.29, 0.717) is 18.4 Å². The Morgan fingerprint density at radius 1 is 1.32 bits per heavy atom. The first kappa shape index (κ1) is 14.2. The van der Waals surface area contributed by atoms with Crippen LogP contribution in [0.4, 0.5) is 13.2 Å². The highest BCUT2D eigenvalue weighted by atomic mass is 19.3. The second-order valence-electron chi connectivity index (χ2n) is 5.08. The van der Waals surface area contributed by atoms with Crippen LogP contribution in [0.25, 0.3) is 0 Å². The molecule has 1 aromatic rings. The van der Waals surface area contributed by atoms with Crippen LogP contribution >= 0.6 is 0 Å². The topological polar surface area (TPSA) is 35.2 Å². The summed E-state index contributed by atoms with van der Waals surface area (Å²) in [5.74, 6) is -3.06. The van der Waals surface area contributed by atoms with Gasteiger partial charge in [-0.3, -0.25) is 0 Å². The first-order chi connectivity index (χ1) is 8.94. The molecule has 0 saturated heterocycles. The Morgan fingerprint density at radius 2 is 1.95 bits per heavy atom. The van der Waals surface area contributed by atoms with Gasteiger partial charge in [-0.25, -0.2) is 13.2 Å². The van der Waals surface area contributed by atoms with Gasteiger partial charge in [0, 0.05) is 24.4 Å². The number of ether oxygens (including phenoxy) is 1. The summed E-state index contributed by atoms with van der Waals surface area (Å²) in [6.45, 7) is 0. The van der Waals surface area contributed by atoms with Gasteiger partial charge in [-0.2, -0.15) is 0 Å². The molecule has 2 nitrogen and oxygen atoms in total. The highest BCUT2D eigenvalue weighted by Gasteiger charge is 2.37. The third-order valence-electron chi connectivity index (χ3n) is 3.84. The van der Waals surface area contributed by atoms with E-state index in [0.717, 1.165) is 0 Å². The number of alkyl halides is 2. The quantitative estimate of drug-likeness (QED) is 0.912. The molecule has 1 saturated carbocycles. The van der Waals surface area contributed by atoms with Crippen LogP contribution in [-0.4, -0.2) is 13.0 Å². The molecule has 0 aromatic heterocycles. The summed E-state index contributed by atoms with van der Waals surface area (Å²) in [4.78, 5) is 0. The zero-order chi connectivity index (χ0) is 14.0. The first-order valence-corrected chi connectivity index (χ1v) is 6.40. The maximum Gasteiger partial charge on any atom is 0.248 e. The predicted molar refractivity (Wildman–Crippen MR) is 66.8 cm³/mol. The molecular formula is C14H18F3NO. The Morgan fingerprint density at radius 3 is 2.53 bits per heavy atom. The number of rotatable bonds is 3. The van der Waals surface area contributed by atoms with E-state index >= 15 is 0 Å². The fraction of sp³-hybridized carbons (Fsp3) is 0.571. The van der Waals surface area contributed by atoms with E-state index in [1.165, 1.54) is 13.2 Å². The standard InChI is InChI=1S/C14H18F3NO/c1-19-11-4-2-3-10(12(11)15)13(18)9-5-7-14(16,17)8-6-9/h2-4,9,13H,5-8,18H2,1H3. The van der Waals surface area contributed by atoms with Crippen LogP contribution in [0.5, 0.6) is 5.75 Å². The van der Waals surface area contributed by atoms with Crippen molar-refractivity contribution < 1.29 is 17.9 Å². The van der Waals surface area contributed by atoms with Crippen molar-refractivity contribution in [3.05, 3.63) is 29.6 Å². The van der Waals surface area contributed by atoms with E-state index in [-0.39, 0.29) is 24.5 Å². The number of benzene rings is 1. The Kier molecular flexibility index (Phi) is 4.04. The van der Waals surface area contributed by atoms with Crippen molar-refractivity contribution in [2.75, 3.05) is 7.11 Å². The van der Waals surface area contributed by atoms with E-state index in [2.05, 4.69) is 0 Å². The number of methoxy groups -OCH3 is 1. The van der Waals surface area contributed by atoms with Crippen LogP contribution in [0.2, 0.25) is 0 Å². The first-order valence-electron chi connectivity index (χ1n) is 6.40. The lowest BCUT2D eigenvalue weighted by molar-refractivity contribution is -0.0484. The van der Waals surface area contributed by atoms with Crippen molar-refractivity contribution in [3.8, 4) is 5.75 Å². The minimum Gasteiger partial charge on any atom is -0.494 e. The van der Waals surface area contributed by atoms with Gasteiger partial charge in [0.1, 0.15) is 0 Å². The van der Waals surface area contributed by atoms with E-state index in [9.17, 15) is 13.2 Å². The van der Waals surface area contributed by atoms with Gasteiger partial charge >= 0.3 is 0 Å². The summed E-state index contributed by atoms with van der Waals surface area (Å²) in [5.41, 5.74) is 6.38. The highest BCUT2D eigenvalue weighted by molar-refractivity contribution is 5.33. The molecule has 0 bridgehead atoms. The molecule has 5 heteroatoms. The van der Waals surface area contributed by atoms with Gasteiger partial charge in [-0.15, -0.1) is 0 Å². The minimum atomic E-state index is -2.59. The van der Waals surface area contributed by atoms with E-state index in [1.54, 1.807) is 12.1 Å². The van der Waals surface area contributed by atoms with Gasteiger partial charge in [0.2, 0.25) is 5.92 Å². The number of halogens is 3. The van der Waals surface area contributed by atoms with Gasteiger partial charge in [-0.05, 0) is 24.8 Å². The fourth-order valence-corrected chi connectivity index (χ4v) is 2.62. The Balaban J connectivity index is 2.14. The molecule has 1 aliphatic carbocycles. The fourth-order valence-electron chi connectivity index (χ4n) is 2.62. The molecule has 0 amide bonds. The zero-order valence-corrected chi connectivity index (χ0v) is 10.8. The second kappa shape index (κ2) is 5.41. The van der Waals surface area contributed by atoms with Crippen LogP contribution in [0.1, 0.15) is 37.3 Å². The van der Waals surface area contributed by atoms with Crippen LogP contribution in [-0.2, 0) is 0 Å². The predicted octanol–water partition coefficient (Wildman–Crippen LogP) is 3.66. The second-order valence-corrected chi connectivity index (χ2v) is 5.08. The van der Waals surface area contributed by atoms with Gasteiger partial charge in [0.25, 0.3) is 0 Å². The minimum absolute atomic E-state index is 0.110. The van der Waals surface area contributed by atoms with E-state index in [1.807, 2.05) is 0 Å². The van der Waals surface area contributed by atoms with Gasteiger partial charge < -0.3 is 10.5 Å². The van der Waals surface area contributed by atoms with Gasteiger partial charge in [0.15, 0.2) is 11.6 Å². The van der Waals surface area contributed by atoms with Crippen molar-refractivity contribution in [1.82, 2.24) is 0 Å². The molecule has 0 radical (unpaired) electrons. The summed E-state index contributed by atoms with van der Waals surface area (Å²) in [6.07, 6.45) is 0.309. The Labute approximate surface area is 110 Å². The molecule has 1 aliphatic rings. The molecule has 2 N–H and O–H groups in total. The number of hydrogen-bond acceptors (Lipinski definition) is 2. The molecule has 1 fully saturated rings. The average molecular weight is 273 g/mol. The average Bonchev–Trinajstić information content (AvgIpc) is 2.38. The maximum absolute atomic E-state index is 14.1. The molecule has 106 valence electrons. The molecule has 2 rings (SSSR count). The largest absolute Gasteiger partial charge is 0.494 e. The molecule has 0 aliphatic heterocycles. The van der Waals surface area contributed by atoms with Crippen LogP contribution < -0.4 is 10.5 Å². The van der Waals surface area contributed by atoms with Gasteiger partial charge in [-0.1, -0.05) is 12.1 Å². The summed E-state index contributed by atoms with van der Waals surface area (Å²) < 4.78 is 45.2. The summed E-state index contributed by atoms with van der Waals surface area (Å²) >= 11 is 0. The molecule has 19 heavy (non-hydrogen) atoms. The van der Waals surface area contributed by atoms with Crippen molar-refractivity contribution in [3.63, 3.8) is 0 Å². The zero-order valence-electron chi connectivity index (χ0n) is 10.8. The lowest BCUT2D eigenvalue weighted by atomic mass is 9.80. The lowest BCUT2D eigenvalue weighted by Crippen LogP contribution is -2.31. The van der Waals surface area contributed by atoms with Gasteiger partial charge in [0.05, 0.1) is 7.11 Å². The third-order valence-corrected chi connectivity index (χ3v) is 3.84. The maximum atomic E-state index is 14.1. The monoisotopic (exact) mass is 273 g/mol. The van der Waals surface area contributed by atoms with Crippen LogP contribution in [0.15, 0.2) is 18.2 Å². The summed E-state index contributed by atoms with van der Waals surface area (Å²) in [5, 5.41) is 0. The molecule has 1 atom stereocenters. The van der Waals surface area contributed by atoms with E-state index < -0.39 is 17.8 Å². The highest BCUT2D eigenvalue weighted by Crippen LogP contribution is 2.41. The normalized spacial score (nSPS) is 21.1. The smallest absolute Gasteiger partial charge is 0.248 e. The molecule has 1 unspecified atom stereocenters. The number of hydrogen-bond donors (Lipinski definition) is 1. The van der Waals surface area contributed by atoms with Crippen molar-refractivity contribution >= 4 is 0 Å². The van der Waals surface area contributed by atoms with Crippen LogP contribution in [0.3, 0.4) is 0 Å². The molecule has 0 heterocycles. The Hall–Kier alpha value is -1.23.